The fraction of sp³-hybridized carbons (Fsp3) is 0.667. The van der Waals surface area contributed by atoms with E-state index < -0.39 is 11.9 Å². The van der Waals surface area contributed by atoms with E-state index in [1.165, 1.54) is 6.20 Å². The van der Waals surface area contributed by atoms with Crippen LogP contribution in [0.1, 0.15) is 31.9 Å². The molecule has 1 aromatic heterocycles. The molecule has 2 heterocycles. The molecule has 1 saturated heterocycles. The summed E-state index contributed by atoms with van der Waals surface area (Å²) >= 11 is 0. The maximum Gasteiger partial charge on any atom is 0.434 e. The van der Waals surface area contributed by atoms with Gasteiger partial charge in [-0.05, 0) is 26.2 Å². The van der Waals surface area contributed by atoms with Gasteiger partial charge in [-0.1, -0.05) is 0 Å². The van der Waals surface area contributed by atoms with Gasteiger partial charge < -0.3 is 10.1 Å². The minimum atomic E-state index is -4.46. The number of ether oxygens (including phenoxy) is 1. The third-order valence-electron chi connectivity index (χ3n) is 3.02. The second-order valence-corrected chi connectivity index (χ2v) is 4.65. The molecule has 0 bridgehead atoms. The predicted octanol–water partition coefficient (Wildman–Crippen LogP) is 2.86. The van der Waals surface area contributed by atoms with Crippen molar-refractivity contribution in [1.82, 2.24) is 9.97 Å². The van der Waals surface area contributed by atoms with Gasteiger partial charge in [0.25, 0.3) is 0 Å². The first kappa shape index (κ1) is 14.0. The molecule has 2 rings (SSSR count). The Morgan fingerprint density at radius 3 is 2.79 bits per heavy atom. The van der Waals surface area contributed by atoms with Crippen molar-refractivity contribution in [3.63, 3.8) is 0 Å². The molecule has 0 spiro atoms. The number of halogens is 3. The Morgan fingerprint density at radius 2 is 2.16 bits per heavy atom. The van der Waals surface area contributed by atoms with Crippen molar-refractivity contribution in [2.24, 2.45) is 0 Å². The monoisotopic (exact) mass is 275 g/mol. The van der Waals surface area contributed by atoms with Gasteiger partial charge in [-0.2, -0.15) is 13.2 Å². The molecule has 1 N–H and O–H groups in total. The number of aromatic nitrogens is 2. The van der Waals surface area contributed by atoms with E-state index in [9.17, 15) is 13.2 Å². The number of nitrogens with zero attached hydrogens (tertiary/aromatic N) is 2. The molecule has 1 aliphatic rings. The lowest BCUT2D eigenvalue weighted by molar-refractivity contribution is -0.141. The SMILES string of the molecule is CC1CCC(CCNc2cncc(C(F)(F)F)n2)O1. The molecule has 2 atom stereocenters. The van der Waals surface area contributed by atoms with E-state index >= 15 is 0 Å². The summed E-state index contributed by atoms with van der Waals surface area (Å²) in [6.45, 7) is 2.54. The summed E-state index contributed by atoms with van der Waals surface area (Å²) in [6.07, 6.45) is 0.780. The molecule has 0 aromatic carbocycles. The fourth-order valence-electron chi connectivity index (χ4n) is 2.05. The third-order valence-corrected chi connectivity index (χ3v) is 3.02. The molecule has 7 heteroatoms. The number of rotatable bonds is 4. The van der Waals surface area contributed by atoms with Crippen LogP contribution < -0.4 is 5.32 Å². The lowest BCUT2D eigenvalue weighted by Crippen LogP contribution is -2.16. The molecule has 106 valence electrons. The van der Waals surface area contributed by atoms with Crippen molar-refractivity contribution in [1.29, 1.82) is 0 Å². The smallest absolute Gasteiger partial charge is 0.375 e. The van der Waals surface area contributed by atoms with Gasteiger partial charge in [-0.3, -0.25) is 4.98 Å². The van der Waals surface area contributed by atoms with E-state index in [2.05, 4.69) is 15.3 Å². The van der Waals surface area contributed by atoms with Gasteiger partial charge in [-0.15, -0.1) is 0 Å². The van der Waals surface area contributed by atoms with E-state index in [-0.39, 0.29) is 18.0 Å². The van der Waals surface area contributed by atoms with Crippen LogP contribution in [0.15, 0.2) is 12.4 Å². The maximum atomic E-state index is 12.4. The zero-order valence-electron chi connectivity index (χ0n) is 10.6. The highest BCUT2D eigenvalue weighted by atomic mass is 19.4. The molecule has 0 amide bonds. The molecule has 2 unspecified atom stereocenters. The van der Waals surface area contributed by atoms with Gasteiger partial charge in [0, 0.05) is 6.54 Å². The van der Waals surface area contributed by atoms with Crippen molar-refractivity contribution >= 4 is 5.82 Å². The molecular formula is C12H16F3N3O. The first-order chi connectivity index (χ1) is 8.95. The van der Waals surface area contributed by atoms with Crippen molar-refractivity contribution in [3.8, 4) is 0 Å². The molecule has 1 aliphatic heterocycles. The van der Waals surface area contributed by atoms with Crippen molar-refractivity contribution in [2.75, 3.05) is 11.9 Å². The van der Waals surface area contributed by atoms with Crippen LogP contribution in [0, 0.1) is 0 Å². The Morgan fingerprint density at radius 1 is 1.37 bits per heavy atom. The van der Waals surface area contributed by atoms with Gasteiger partial charge in [-0.25, -0.2) is 4.98 Å². The van der Waals surface area contributed by atoms with Crippen LogP contribution >= 0.6 is 0 Å². The van der Waals surface area contributed by atoms with E-state index in [4.69, 9.17) is 4.74 Å². The van der Waals surface area contributed by atoms with Crippen molar-refractivity contribution in [3.05, 3.63) is 18.1 Å². The van der Waals surface area contributed by atoms with Crippen LogP contribution in [0.2, 0.25) is 0 Å². The lowest BCUT2D eigenvalue weighted by atomic mass is 10.1. The van der Waals surface area contributed by atoms with Gasteiger partial charge >= 0.3 is 6.18 Å². The normalized spacial score (nSPS) is 23.6. The van der Waals surface area contributed by atoms with Crippen LogP contribution in [0.3, 0.4) is 0 Å². The Bertz CT molecular complexity index is 425. The van der Waals surface area contributed by atoms with Gasteiger partial charge in [0.1, 0.15) is 5.82 Å². The Hall–Kier alpha value is -1.37. The highest BCUT2D eigenvalue weighted by molar-refractivity contribution is 5.32. The quantitative estimate of drug-likeness (QED) is 0.917. The number of anilines is 1. The summed E-state index contributed by atoms with van der Waals surface area (Å²) in [5, 5.41) is 2.85. The van der Waals surface area contributed by atoms with Gasteiger partial charge in [0.15, 0.2) is 5.69 Å². The minimum absolute atomic E-state index is 0.140. The van der Waals surface area contributed by atoms with Crippen LogP contribution in [0.5, 0.6) is 0 Å². The highest BCUT2D eigenvalue weighted by Gasteiger charge is 2.33. The van der Waals surface area contributed by atoms with Gasteiger partial charge in [0.2, 0.25) is 0 Å². The van der Waals surface area contributed by atoms with Crippen LogP contribution in [0.4, 0.5) is 19.0 Å². The van der Waals surface area contributed by atoms with E-state index in [1.807, 2.05) is 6.92 Å². The molecule has 0 radical (unpaired) electrons. The maximum absolute atomic E-state index is 12.4. The van der Waals surface area contributed by atoms with E-state index in [1.54, 1.807) is 0 Å². The second kappa shape index (κ2) is 5.73. The first-order valence-electron chi connectivity index (χ1n) is 6.23. The van der Waals surface area contributed by atoms with E-state index in [0.717, 1.165) is 19.3 Å². The minimum Gasteiger partial charge on any atom is -0.375 e. The van der Waals surface area contributed by atoms with Crippen molar-refractivity contribution in [2.45, 2.75) is 44.6 Å². The zero-order chi connectivity index (χ0) is 13.9. The van der Waals surface area contributed by atoms with Crippen LogP contribution in [0.25, 0.3) is 0 Å². The predicted molar refractivity (Wildman–Crippen MR) is 63.7 cm³/mol. The highest BCUT2D eigenvalue weighted by Crippen LogP contribution is 2.27. The summed E-state index contributed by atoms with van der Waals surface area (Å²) in [6, 6.07) is 0. The summed E-state index contributed by atoms with van der Waals surface area (Å²) in [4.78, 5) is 7.02. The Labute approximate surface area is 109 Å². The number of alkyl halides is 3. The summed E-state index contributed by atoms with van der Waals surface area (Å²) in [7, 11) is 0. The van der Waals surface area contributed by atoms with Crippen molar-refractivity contribution < 1.29 is 17.9 Å². The number of hydrogen-bond donors (Lipinski definition) is 1. The molecule has 1 fully saturated rings. The van der Waals surface area contributed by atoms with Crippen LogP contribution in [-0.2, 0) is 10.9 Å². The van der Waals surface area contributed by atoms with Crippen LogP contribution in [-0.4, -0.2) is 28.7 Å². The van der Waals surface area contributed by atoms with Gasteiger partial charge in [0.05, 0.1) is 24.6 Å². The Kier molecular flexibility index (Phi) is 4.24. The number of hydrogen-bond acceptors (Lipinski definition) is 4. The average molecular weight is 275 g/mol. The molecular weight excluding hydrogens is 259 g/mol. The summed E-state index contributed by atoms with van der Waals surface area (Å²) < 4.78 is 42.9. The largest absolute Gasteiger partial charge is 0.434 e. The zero-order valence-corrected chi connectivity index (χ0v) is 10.6. The first-order valence-corrected chi connectivity index (χ1v) is 6.23. The molecule has 1 aromatic rings. The average Bonchev–Trinajstić information content (AvgIpc) is 2.74. The topological polar surface area (TPSA) is 47.0 Å². The third kappa shape index (κ3) is 4.05. The standard InChI is InChI=1S/C12H16F3N3O/c1-8-2-3-9(19-8)4-5-17-11-7-16-6-10(18-11)12(13,14)15/h6-9H,2-5H2,1H3,(H,17,18). The molecule has 0 aliphatic carbocycles. The lowest BCUT2D eigenvalue weighted by Gasteiger charge is -2.12. The molecule has 4 nitrogen and oxygen atoms in total. The number of nitrogens with one attached hydrogen (secondary N) is 1. The fourth-order valence-corrected chi connectivity index (χ4v) is 2.05. The second-order valence-electron chi connectivity index (χ2n) is 4.65. The summed E-state index contributed by atoms with van der Waals surface area (Å²) in [5.41, 5.74) is -0.983. The molecule has 19 heavy (non-hydrogen) atoms. The Balaban J connectivity index is 1.83. The molecule has 0 saturated carbocycles. The summed E-state index contributed by atoms with van der Waals surface area (Å²) in [5.74, 6) is 0.140. The van der Waals surface area contributed by atoms with E-state index in [0.29, 0.717) is 12.7 Å².